The van der Waals surface area contributed by atoms with Crippen LogP contribution in [0.2, 0.25) is 0 Å². The number of pyridine rings is 2. The Kier molecular flexibility index (Phi) is 5.01. The minimum Gasteiger partial charge on any atom is -0.373 e. The van der Waals surface area contributed by atoms with Crippen molar-refractivity contribution in [3.63, 3.8) is 0 Å². The molecule has 22 heavy (non-hydrogen) atoms. The number of anilines is 1. The van der Waals surface area contributed by atoms with E-state index < -0.39 is 0 Å². The van der Waals surface area contributed by atoms with E-state index in [0.717, 1.165) is 31.2 Å². The fraction of sp³-hybridized carbons (Fsp3) is 0.444. The van der Waals surface area contributed by atoms with Gasteiger partial charge in [0.05, 0.1) is 0 Å². The summed E-state index contributed by atoms with van der Waals surface area (Å²) in [6.45, 7) is 3.32. The fourth-order valence-electron chi connectivity index (χ4n) is 3.35. The summed E-state index contributed by atoms with van der Waals surface area (Å²) < 4.78 is 0. The number of rotatable bonds is 5. The van der Waals surface area contributed by atoms with Crippen LogP contribution in [-0.2, 0) is 13.0 Å². The minimum absolute atomic E-state index is 0.729. The van der Waals surface area contributed by atoms with Crippen LogP contribution in [0, 0.1) is 5.92 Å². The molecule has 0 aromatic carbocycles. The monoisotopic (exact) mass is 296 g/mol. The van der Waals surface area contributed by atoms with E-state index in [0.29, 0.717) is 0 Å². The molecule has 3 heterocycles. The predicted molar refractivity (Wildman–Crippen MR) is 89.7 cm³/mol. The second-order valence-electron chi connectivity index (χ2n) is 6.07. The smallest absolute Gasteiger partial charge is 0.130 e. The molecule has 1 aliphatic rings. The summed E-state index contributed by atoms with van der Waals surface area (Å²) in [6.07, 6.45) is 9.42. The summed E-state index contributed by atoms with van der Waals surface area (Å²) in [5, 5.41) is 3.19. The zero-order valence-corrected chi connectivity index (χ0v) is 13.2. The van der Waals surface area contributed by atoms with Crippen molar-refractivity contribution in [2.24, 2.45) is 5.92 Å². The Balaban J connectivity index is 1.61. The first-order valence-corrected chi connectivity index (χ1v) is 8.08. The molecule has 116 valence electrons. The third-order valence-electron chi connectivity index (χ3n) is 4.37. The van der Waals surface area contributed by atoms with Crippen molar-refractivity contribution >= 4 is 5.82 Å². The molecule has 4 heteroatoms. The SMILES string of the molecule is CNc1ncccc1CN1CCCC(Cc2cccnc2)C1. The van der Waals surface area contributed by atoms with Gasteiger partial charge in [-0.1, -0.05) is 12.1 Å². The zero-order chi connectivity index (χ0) is 15.2. The lowest BCUT2D eigenvalue weighted by Gasteiger charge is -2.33. The Morgan fingerprint density at radius 2 is 2.18 bits per heavy atom. The van der Waals surface area contributed by atoms with Gasteiger partial charge < -0.3 is 5.32 Å². The van der Waals surface area contributed by atoms with Crippen LogP contribution < -0.4 is 5.32 Å². The lowest BCUT2D eigenvalue weighted by atomic mass is 9.91. The van der Waals surface area contributed by atoms with Crippen LogP contribution in [0.1, 0.15) is 24.0 Å². The second-order valence-corrected chi connectivity index (χ2v) is 6.07. The predicted octanol–water partition coefficient (Wildman–Crippen LogP) is 2.97. The Morgan fingerprint density at radius 3 is 3.00 bits per heavy atom. The second kappa shape index (κ2) is 7.36. The lowest BCUT2D eigenvalue weighted by molar-refractivity contribution is 0.167. The number of nitrogens with one attached hydrogen (secondary N) is 1. The molecule has 1 N–H and O–H groups in total. The molecule has 1 atom stereocenters. The average Bonchev–Trinajstić information content (AvgIpc) is 2.57. The summed E-state index contributed by atoms with van der Waals surface area (Å²) in [5.74, 6) is 1.73. The summed E-state index contributed by atoms with van der Waals surface area (Å²) in [5.41, 5.74) is 2.64. The van der Waals surface area contributed by atoms with Crippen molar-refractivity contribution in [3.8, 4) is 0 Å². The Labute approximate surface area is 132 Å². The van der Waals surface area contributed by atoms with Crippen LogP contribution in [0.4, 0.5) is 5.82 Å². The van der Waals surface area contributed by atoms with Gasteiger partial charge in [0.25, 0.3) is 0 Å². The first-order chi connectivity index (χ1) is 10.8. The molecule has 1 saturated heterocycles. The largest absolute Gasteiger partial charge is 0.373 e. The van der Waals surface area contributed by atoms with Gasteiger partial charge in [-0.05, 0) is 49.4 Å². The van der Waals surface area contributed by atoms with Gasteiger partial charge in [0.1, 0.15) is 5.82 Å². The molecule has 1 aliphatic heterocycles. The molecule has 3 rings (SSSR count). The van der Waals surface area contributed by atoms with Crippen molar-refractivity contribution in [3.05, 3.63) is 54.0 Å². The Morgan fingerprint density at radius 1 is 1.27 bits per heavy atom. The van der Waals surface area contributed by atoms with Gasteiger partial charge in [0.15, 0.2) is 0 Å². The van der Waals surface area contributed by atoms with Gasteiger partial charge in [0, 0.05) is 44.3 Å². The molecular weight excluding hydrogens is 272 g/mol. The molecule has 0 aliphatic carbocycles. The molecule has 0 saturated carbocycles. The van der Waals surface area contributed by atoms with E-state index in [4.69, 9.17) is 0 Å². The summed E-state index contributed by atoms with van der Waals surface area (Å²) in [4.78, 5) is 11.2. The van der Waals surface area contributed by atoms with Gasteiger partial charge in [-0.2, -0.15) is 0 Å². The zero-order valence-electron chi connectivity index (χ0n) is 13.2. The number of likely N-dealkylation sites (tertiary alicyclic amines) is 1. The van der Waals surface area contributed by atoms with E-state index in [9.17, 15) is 0 Å². The Hall–Kier alpha value is -1.94. The summed E-state index contributed by atoms with van der Waals surface area (Å²) >= 11 is 0. The van der Waals surface area contributed by atoms with E-state index >= 15 is 0 Å². The highest BCUT2D eigenvalue weighted by atomic mass is 15.1. The quantitative estimate of drug-likeness (QED) is 0.921. The van der Waals surface area contributed by atoms with Gasteiger partial charge in [-0.3, -0.25) is 9.88 Å². The third kappa shape index (κ3) is 3.83. The highest BCUT2D eigenvalue weighted by Crippen LogP contribution is 2.23. The maximum absolute atomic E-state index is 4.40. The first kappa shape index (κ1) is 15.0. The van der Waals surface area contributed by atoms with Crippen molar-refractivity contribution in [2.75, 3.05) is 25.5 Å². The topological polar surface area (TPSA) is 41.1 Å². The maximum atomic E-state index is 4.40. The van der Waals surface area contributed by atoms with Crippen LogP contribution in [0.15, 0.2) is 42.9 Å². The standard InChI is InChI=1S/C18H24N4/c1-19-18-17(7-3-9-21-18)14-22-10-4-6-16(13-22)11-15-5-2-8-20-12-15/h2-3,5,7-9,12,16H,4,6,10-11,13-14H2,1H3,(H,19,21). The van der Waals surface area contributed by atoms with E-state index in [1.807, 2.05) is 37.8 Å². The molecule has 1 unspecified atom stereocenters. The Bertz CT molecular complexity index is 585. The van der Waals surface area contributed by atoms with E-state index in [2.05, 4.69) is 32.3 Å². The number of hydrogen-bond acceptors (Lipinski definition) is 4. The molecule has 4 nitrogen and oxygen atoms in total. The third-order valence-corrected chi connectivity index (χ3v) is 4.37. The molecule has 0 amide bonds. The van der Waals surface area contributed by atoms with Gasteiger partial charge in [-0.25, -0.2) is 4.98 Å². The van der Waals surface area contributed by atoms with Crippen molar-refractivity contribution in [2.45, 2.75) is 25.8 Å². The van der Waals surface area contributed by atoms with Crippen LogP contribution >= 0.6 is 0 Å². The number of hydrogen-bond donors (Lipinski definition) is 1. The number of piperidine rings is 1. The summed E-state index contributed by atoms with van der Waals surface area (Å²) in [7, 11) is 1.94. The van der Waals surface area contributed by atoms with Crippen LogP contribution in [-0.4, -0.2) is 35.0 Å². The van der Waals surface area contributed by atoms with E-state index in [1.165, 1.54) is 30.5 Å². The van der Waals surface area contributed by atoms with Crippen molar-refractivity contribution in [1.29, 1.82) is 0 Å². The van der Waals surface area contributed by atoms with E-state index in [-0.39, 0.29) is 0 Å². The lowest BCUT2D eigenvalue weighted by Crippen LogP contribution is -2.35. The minimum atomic E-state index is 0.729. The highest BCUT2D eigenvalue weighted by molar-refractivity contribution is 5.42. The maximum Gasteiger partial charge on any atom is 0.130 e. The van der Waals surface area contributed by atoms with Crippen LogP contribution in [0.25, 0.3) is 0 Å². The van der Waals surface area contributed by atoms with Gasteiger partial charge in [0.2, 0.25) is 0 Å². The van der Waals surface area contributed by atoms with Crippen LogP contribution in [0.3, 0.4) is 0 Å². The molecular formula is C18H24N4. The molecule has 0 radical (unpaired) electrons. The first-order valence-electron chi connectivity index (χ1n) is 8.08. The summed E-state index contributed by atoms with van der Waals surface area (Å²) in [6, 6.07) is 8.41. The fourth-order valence-corrected chi connectivity index (χ4v) is 3.35. The normalized spacial score (nSPS) is 19.0. The van der Waals surface area contributed by atoms with Crippen molar-refractivity contribution in [1.82, 2.24) is 14.9 Å². The molecule has 0 spiro atoms. The van der Waals surface area contributed by atoms with Crippen LogP contribution in [0.5, 0.6) is 0 Å². The molecule has 1 fully saturated rings. The van der Waals surface area contributed by atoms with E-state index in [1.54, 1.807) is 0 Å². The van der Waals surface area contributed by atoms with Gasteiger partial charge >= 0.3 is 0 Å². The number of nitrogens with zero attached hydrogens (tertiary/aromatic N) is 3. The van der Waals surface area contributed by atoms with Crippen molar-refractivity contribution < 1.29 is 0 Å². The molecule has 2 aromatic heterocycles. The van der Waals surface area contributed by atoms with Gasteiger partial charge in [-0.15, -0.1) is 0 Å². The number of aromatic nitrogens is 2. The molecule has 2 aromatic rings. The average molecular weight is 296 g/mol. The molecule has 0 bridgehead atoms. The highest BCUT2D eigenvalue weighted by Gasteiger charge is 2.21.